The number of nitrogens with zero attached hydrogens (tertiary/aromatic N) is 2. The fourth-order valence-electron chi connectivity index (χ4n) is 1.26. The predicted octanol–water partition coefficient (Wildman–Crippen LogP) is 2.62. The summed E-state index contributed by atoms with van der Waals surface area (Å²) in [5, 5.41) is 3.17. The van der Waals surface area contributed by atoms with E-state index in [1.807, 2.05) is 12.1 Å². The van der Waals surface area contributed by atoms with Gasteiger partial charge in [0.05, 0.1) is 29.5 Å². The lowest BCUT2D eigenvalue weighted by molar-refractivity contribution is 1.27. The predicted molar refractivity (Wildman–Crippen MR) is 75.3 cm³/mol. The summed E-state index contributed by atoms with van der Waals surface area (Å²) >= 11 is 8.19. The van der Waals surface area contributed by atoms with Crippen LogP contribution in [-0.2, 0) is 0 Å². The molecule has 0 aliphatic rings. The lowest BCUT2D eigenvalue weighted by atomic mass is 10.3. The normalized spacial score (nSPS) is 9.94. The van der Waals surface area contributed by atoms with Crippen molar-refractivity contribution in [3.63, 3.8) is 0 Å². The molecular formula is C11H9BrN4S. The first kappa shape index (κ1) is 11.9. The van der Waals surface area contributed by atoms with Gasteiger partial charge in [-0.1, -0.05) is 12.2 Å². The van der Waals surface area contributed by atoms with Crippen LogP contribution in [0.4, 0.5) is 11.4 Å². The number of nitrogens with two attached hydrogens (primary N) is 1. The number of hydrogen-bond donors (Lipinski definition) is 2. The maximum atomic E-state index is 5.47. The standard InChI is InChI=1S/C11H9BrN4S/c12-7-3-9(5-14-4-7)16-8-1-2-10(11(13)17)15-6-8/h1-6,16H,(H2,13,17). The molecule has 0 radical (unpaired) electrons. The van der Waals surface area contributed by atoms with Crippen LogP contribution in [0.3, 0.4) is 0 Å². The molecule has 2 aromatic rings. The summed E-state index contributed by atoms with van der Waals surface area (Å²) in [4.78, 5) is 8.48. The summed E-state index contributed by atoms with van der Waals surface area (Å²) in [5.41, 5.74) is 7.81. The SMILES string of the molecule is NC(=S)c1ccc(Nc2cncc(Br)c2)cn1. The Morgan fingerprint density at radius 3 is 2.65 bits per heavy atom. The molecule has 0 atom stereocenters. The van der Waals surface area contributed by atoms with Gasteiger partial charge in [0, 0.05) is 10.7 Å². The summed E-state index contributed by atoms with van der Waals surface area (Å²) in [7, 11) is 0. The van der Waals surface area contributed by atoms with Gasteiger partial charge in [0.25, 0.3) is 0 Å². The molecule has 0 fully saturated rings. The van der Waals surface area contributed by atoms with Gasteiger partial charge in [-0.15, -0.1) is 0 Å². The van der Waals surface area contributed by atoms with Gasteiger partial charge in [-0.2, -0.15) is 0 Å². The number of hydrogen-bond acceptors (Lipinski definition) is 4. The molecular weight excluding hydrogens is 300 g/mol. The van der Waals surface area contributed by atoms with Crippen molar-refractivity contribution >= 4 is 44.5 Å². The average molecular weight is 309 g/mol. The second kappa shape index (κ2) is 5.20. The smallest absolute Gasteiger partial charge is 0.122 e. The van der Waals surface area contributed by atoms with Crippen LogP contribution in [-0.4, -0.2) is 15.0 Å². The molecule has 0 saturated carbocycles. The first-order chi connectivity index (χ1) is 8.15. The number of halogens is 1. The van der Waals surface area contributed by atoms with Gasteiger partial charge in [0.1, 0.15) is 4.99 Å². The van der Waals surface area contributed by atoms with E-state index in [0.29, 0.717) is 10.7 Å². The van der Waals surface area contributed by atoms with Crippen molar-refractivity contribution in [2.45, 2.75) is 0 Å². The number of pyridine rings is 2. The van der Waals surface area contributed by atoms with E-state index in [-0.39, 0.29) is 0 Å². The summed E-state index contributed by atoms with van der Waals surface area (Å²) in [6.07, 6.45) is 5.13. The quantitative estimate of drug-likeness (QED) is 0.853. The van der Waals surface area contributed by atoms with E-state index in [2.05, 4.69) is 31.2 Å². The fraction of sp³-hybridized carbons (Fsp3) is 0. The van der Waals surface area contributed by atoms with Gasteiger partial charge >= 0.3 is 0 Å². The molecule has 0 aromatic carbocycles. The molecule has 3 N–H and O–H groups in total. The van der Waals surface area contributed by atoms with E-state index in [1.165, 1.54) is 0 Å². The molecule has 0 aliphatic carbocycles. The Morgan fingerprint density at radius 2 is 2.06 bits per heavy atom. The average Bonchev–Trinajstić information content (AvgIpc) is 2.29. The number of rotatable bonds is 3. The van der Waals surface area contributed by atoms with E-state index >= 15 is 0 Å². The van der Waals surface area contributed by atoms with Crippen molar-refractivity contribution in [1.82, 2.24) is 9.97 Å². The largest absolute Gasteiger partial charge is 0.388 e. The molecule has 2 aromatic heterocycles. The van der Waals surface area contributed by atoms with Gasteiger partial charge in [-0.25, -0.2) is 0 Å². The Morgan fingerprint density at radius 1 is 1.24 bits per heavy atom. The third kappa shape index (κ3) is 3.21. The van der Waals surface area contributed by atoms with Crippen LogP contribution in [0.1, 0.15) is 5.69 Å². The van der Waals surface area contributed by atoms with Crippen molar-refractivity contribution in [2.24, 2.45) is 5.73 Å². The van der Waals surface area contributed by atoms with Crippen molar-refractivity contribution in [3.8, 4) is 0 Å². The van der Waals surface area contributed by atoms with Crippen molar-refractivity contribution < 1.29 is 0 Å². The minimum atomic E-state index is 0.292. The Labute approximate surface area is 112 Å². The third-order valence-electron chi connectivity index (χ3n) is 2.01. The Hall–Kier alpha value is -1.53. The highest BCUT2D eigenvalue weighted by Crippen LogP contribution is 2.18. The summed E-state index contributed by atoms with van der Waals surface area (Å²) in [6.45, 7) is 0. The minimum absolute atomic E-state index is 0.292. The molecule has 2 rings (SSSR count). The van der Waals surface area contributed by atoms with Crippen LogP contribution in [0.15, 0.2) is 41.3 Å². The van der Waals surface area contributed by atoms with E-state index < -0.39 is 0 Å². The molecule has 0 amide bonds. The zero-order valence-electron chi connectivity index (χ0n) is 8.72. The van der Waals surface area contributed by atoms with Gasteiger partial charge in [0.2, 0.25) is 0 Å². The molecule has 86 valence electrons. The van der Waals surface area contributed by atoms with Gasteiger partial charge in [0.15, 0.2) is 0 Å². The molecule has 17 heavy (non-hydrogen) atoms. The number of nitrogens with one attached hydrogen (secondary N) is 1. The van der Waals surface area contributed by atoms with E-state index in [0.717, 1.165) is 15.8 Å². The summed E-state index contributed by atoms with van der Waals surface area (Å²) in [5.74, 6) is 0. The maximum Gasteiger partial charge on any atom is 0.122 e. The molecule has 0 aliphatic heterocycles. The lowest BCUT2D eigenvalue weighted by Crippen LogP contribution is -2.11. The van der Waals surface area contributed by atoms with Gasteiger partial charge in [-0.05, 0) is 34.1 Å². The molecule has 0 spiro atoms. The summed E-state index contributed by atoms with van der Waals surface area (Å²) in [6, 6.07) is 5.56. The van der Waals surface area contributed by atoms with Crippen molar-refractivity contribution in [1.29, 1.82) is 0 Å². The fourth-order valence-corrected chi connectivity index (χ4v) is 1.75. The van der Waals surface area contributed by atoms with Crippen LogP contribution < -0.4 is 11.1 Å². The number of aromatic nitrogens is 2. The van der Waals surface area contributed by atoms with E-state index in [4.69, 9.17) is 18.0 Å². The second-order valence-electron chi connectivity index (χ2n) is 3.31. The van der Waals surface area contributed by atoms with Crippen LogP contribution in [0.5, 0.6) is 0 Å². The van der Waals surface area contributed by atoms with E-state index in [9.17, 15) is 0 Å². The topological polar surface area (TPSA) is 63.8 Å². The lowest BCUT2D eigenvalue weighted by Gasteiger charge is -2.06. The Balaban J connectivity index is 2.16. The summed E-state index contributed by atoms with van der Waals surface area (Å²) < 4.78 is 0.912. The molecule has 6 heteroatoms. The Bertz CT molecular complexity index is 541. The van der Waals surface area contributed by atoms with Crippen LogP contribution in [0.25, 0.3) is 0 Å². The third-order valence-corrected chi connectivity index (χ3v) is 2.65. The first-order valence-corrected chi connectivity index (χ1v) is 5.99. The first-order valence-electron chi connectivity index (χ1n) is 4.78. The monoisotopic (exact) mass is 308 g/mol. The van der Waals surface area contributed by atoms with Gasteiger partial charge < -0.3 is 11.1 Å². The van der Waals surface area contributed by atoms with Crippen LogP contribution >= 0.6 is 28.1 Å². The molecule has 2 heterocycles. The van der Waals surface area contributed by atoms with Gasteiger partial charge in [-0.3, -0.25) is 9.97 Å². The Kier molecular flexibility index (Phi) is 3.65. The zero-order valence-corrected chi connectivity index (χ0v) is 11.1. The highest BCUT2D eigenvalue weighted by Gasteiger charge is 1.99. The molecule has 0 unspecified atom stereocenters. The van der Waals surface area contributed by atoms with E-state index in [1.54, 1.807) is 24.7 Å². The highest BCUT2D eigenvalue weighted by molar-refractivity contribution is 9.10. The zero-order chi connectivity index (χ0) is 12.3. The number of anilines is 2. The molecule has 0 bridgehead atoms. The number of thiocarbonyl (C=S) groups is 1. The van der Waals surface area contributed by atoms with Crippen molar-refractivity contribution in [2.75, 3.05) is 5.32 Å². The minimum Gasteiger partial charge on any atom is -0.388 e. The second-order valence-corrected chi connectivity index (χ2v) is 4.67. The molecule has 4 nitrogen and oxygen atoms in total. The highest BCUT2D eigenvalue weighted by atomic mass is 79.9. The van der Waals surface area contributed by atoms with Crippen molar-refractivity contribution in [3.05, 3.63) is 47.0 Å². The van der Waals surface area contributed by atoms with Crippen LogP contribution in [0, 0.1) is 0 Å². The van der Waals surface area contributed by atoms with Crippen LogP contribution in [0.2, 0.25) is 0 Å². The maximum absolute atomic E-state index is 5.47. The molecule has 0 saturated heterocycles.